The Bertz CT molecular complexity index is 1010. The third-order valence-corrected chi connectivity index (χ3v) is 4.92. The second-order valence-electron chi connectivity index (χ2n) is 7.14. The molecule has 1 fully saturated rings. The van der Waals surface area contributed by atoms with Gasteiger partial charge in [0.25, 0.3) is 0 Å². The van der Waals surface area contributed by atoms with Gasteiger partial charge < -0.3 is 9.64 Å². The van der Waals surface area contributed by atoms with Crippen molar-refractivity contribution < 1.29 is 22.7 Å². The maximum absolute atomic E-state index is 12.7. The van der Waals surface area contributed by atoms with Crippen molar-refractivity contribution >= 4 is 5.91 Å². The third kappa shape index (κ3) is 4.62. The molecule has 1 aliphatic rings. The first-order chi connectivity index (χ1) is 14.4. The summed E-state index contributed by atoms with van der Waals surface area (Å²) in [7, 11) is 0. The highest BCUT2D eigenvalue weighted by atomic mass is 19.4. The number of halogens is 3. The predicted octanol–water partition coefficient (Wildman–Crippen LogP) is 4.60. The molecule has 7 heteroatoms. The molecular weight excluding hydrogens is 393 g/mol. The van der Waals surface area contributed by atoms with E-state index in [0.717, 1.165) is 22.8 Å². The van der Waals surface area contributed by atoms with Crippen LogP contribution in [0.2, 0.25) is 0 Å². The van der Waals surface area contributed by atoms with E-state index in [1.54, 1.807) is 4.90 Å². The van der Waals surface area contributed by atoms with Crippen LogP contribution in [0.4, 0.5) is 13.2 Å². The molecular formula is C23H19F3N2O2. The number of amides is 1. The fraction of sp³-hybridized carbons (Fsp3) is 0.217. The highest BCUT2D eigenvalue weighted by Crippen LogP contribution is 2.29. The molecule has 0 spiro atoms. The van der Waals surface area contributed by atoms with Crippen LogP contribution in [0, 0.1) is 0 Å². The van der Waals surface area contributed by atoms with Crippen molar-refractivity contribution in [3.8, 4) is 17.0 Å². The minimum Gasteiger partial charge on any atom is -0.471 e. The first kappa shape index (κ1) is 19.9. The van der Waals surface area contributed by atoms with E-state index in [1.807, 2.05) is 54.6 Å². The number of ether oxygens (including phenoxy) is 1. The number of alkyl halides is 3. The van der Waals surface area contributed by atoms with Crippen LogP contribution in [0.3, 0.4) is 0 Å². The van der Waals surface area contributed by atoms with Gasteiger partial charge in [0.2, 0.25) is 11.8 Å². The van der Waals surface area contributed by atoms with Crippen LogP contribution in [-0.4, -0.2) is 35.0 Å². The Hall–Kier alpha value is -3.35. The van der Waals surface area contributed by atoms with Gasteiger partial charge in [-0.2, -0.15) is 13.2 Å². The molecule has 0 saturated carbocycles. The Morgan fingerprint density at radius 3 is 2.27 bits per heavy atom. The maximum Gasteiger partial charge on any atom is 0.433 e. The molecule has 3 aromatic rings. The topological polar surface area (TPSA) is 42.4 Å². The zero-order valence-electron chi connectivity index (χ0n) is 16.0. The fourth-order valence-corrected chi connectivity index (χ4v) is 3.26. The molecule has 4 rings (SSSR count). The van der Waals surface area contributed by atoms with Gasteiger partial charge in [-0.25, -0.2) is 4.98 Å². The molecule has 2 heterocycles. The number of pyridine rings is 1. The number of nitrogens with zero attached hydrogens (tertiary/aromatic N) is 2. The summed E-state index contributed by atoms with van der Waals surface area (Å²) in [5, 5.41) is 0. The Labute approximate surface area is 171 Å². The summed E-state index contributed by atoms with van der Waals surface area (Å²) in [5.74, 6) is -0.127. The number of rotatable bonds is 5. The number of carbonyl (C=O) groups is 1. The lowest BCUT2D eigenvalue weighted by Gasteiger charge is -2.38. The minimum absolute atomic E-state index is 0.0423. The van der Waals surface area contributed by atoms with Crippen molar-refractivity contribution in [2.24, 2.45) is 0 Å². The van der Waals surface area contributed by atoms with Crippen molar-refractivity contribution in [3.63, 3.8) is 0 Å². The van der Waals surface area contributed by atoms with Crippen molar-refractivity contribution in [1.82, 2.24) is 9.88 Å². The molecule has 0 bridgehead atoms. The number of carbonyl (C=O) groups excluding carboxylic acids is 1. The third-order valence-electron chi connectivity index (χ3n) is 4.92. The lowest BCUT2D eigenvalue weighted by Crippen LogP contribution is -2.56. The highest BCUT2D eigenvalue weighted by molar-refractivity contribution is 5.80. The quantitative estimate of drug-likeness (QED) is 0.615. The smallest absolute Gasteiger partial charge is 0.433 e. The number of hydrogen-bond acceptors (Lipinski definition) is 3. The number of hydrogen-bond donors (Lipinski definition) is 0. The number of likely N-dealkylation sites (tertiary alicyclic amines) is 1. The molecule has 0 atom stereocenters. The lowest BCUT2D eigenvalue weighted by molar-refractivity contribution is -0.141. The van der Waals surface area contributed by atoms with Gasteiger partial charge in [-0.3, -0.25) is 4.79 Å². The molecule has 1 saturated heterocycles. The van der Waals surface area contributed by atoms with Crippen LogP contribution in [-0.2, 0) is 17.4 Å². The summed E-state index contributed by atoms with van der Waals surface area (Å²) in [6.07, 6.45) is -4.61. The van der Waals surface area contributed by atoms with E-state index in [9.17, 15) is 18.0 Å². The van der Waals surface area contributed by atoms with Gasteiger partial charge in [0.1, 0.15) is 11.8 Å². The van der Waals surface area contributed by atoms with Gasteiger partial charge in [0.05, 0.1) is 19.5 Å². The van der Waals surface area contributed by atoms with Crippen molar-refractivity contribution in [1.29, 1.82) is 0 Å². The zero-order valence-corrected chi connectivity index (χ0v) is 16.0. The molecule has 0 radical (unpaired) electrons. The second kappa shape index (κ2) is 8.18. The summed E-state index contributed by atoms with van der Waals surface area (Å²) in [5.41, 5.74) is 2.11. The van der Waals surface area contributed by atoms with Crippen LogP contribution in [0.1, 0.15) is 11.3 Å². The summed E-state index contributed by atoms with van der Waals surface area (Å²) < 4.78 is 43.7. The summed E-state index contributed by atoms with van der Waals surface area (Å²) in [6.45, 7) is 0.664. The molecule has 30 heavy (non-hydrogen) atoms. The van der Waals surface area contributed by atoms with E-state index >= 15 is 0 Å². The van der Waals surface area contributed by atoms with Crippen LogP contribution in [0.25, 0.3) is 11.1 Å². The Balaban J connectivity index is 1.29. The Morgan fingerprint density at radius 1 is 0.933 bits per heavy atom. The lowest BCUT2D eigenvalue weighted by atomic mass is 10.0. The summed E-state index contributed by atoms with van der Waals surface area (Å²) >= 11 is 0. The van der Waals surface area contributed by atoms with E-state index in [2.05, 4.69) is 4.98 Å². The maximum atomic E-state index is 12.7. The SMILES string of the molecule is O=C(Cc1ccc(-c2ccccc2)cc1)N1CC(Oc2cccc(C(F)(F)F)n2)C1. The van der Waals surface area contributed by atoms with E-state index < -0.39 is 11.9 Å². The van der Waals surface area contributed by atoms with Crippen LogP contribution in [0.15, 0.2) is 72.8 Å². The molecule has 1 aliphatic heterocycles. The molecule has 0 unspecified atom stereocenters. The molecule has 154 valence electrons. The second-order valence-corrected chi connectivity index (χ2v) is 7.14. The summed E-state index contributed by atoms with van der Waals surface area (Å²) in [4.78, 5) is 17.6. The van der Waals surface area contributed by atoms with Crippen molar-refractivity contribution in [2.75, 3.05) is 13.1 Å². The average Bonchev–Trinajstić information content (AvgIpc) is 2.71. The molecule has 1 amide bonds. The number of aromatic nitrogens is 1. The predicted molar refractivity (Wildman–Crippen MR) is 106 cm³/mol. The Morgan fingerprint density at radius 2 is 1.60 bits per heavy atom. The molecule has 1 aromatic heterocycles. The van der Waals surface area contributed by atoms with Crippen LogP contribution in [0.5, 0.6) is 5.88 Å². The van der Waals surface area contributed by atoms with Gasteiger partial charge in [-0.1, -0.05) is 60.7 Å². The van der Waals surface area contributed by atoms with E-state index in [0.29, 0.717) is 13.1 Å². The molecule has 0 aliphatic carbocycles. The first-order valence-corrected chi connectivity index (χ1v) is 9.51. The van der Waals surface area contributed by atoms with Gasteiger partial charge in [0, 0.05) is 6.07 Å². The highest BCUT2D eigenvalue weighted by Gasteiger charge is 2.35. The van der Waals surface area contributed by atoms with Crippen molar-refractivity contribution in [2.45, 2.75) is 18.7 Å². The number of benzene rings is 2. The van der Waals surface area contributed by atoms with Gasteiger partial charge in [-0.15, -0.1) is 0 Å². The summed E-state index contributed by atoms with van der Waals surface area (Å²) in [6, 6.07) is 21.3. The van der Waals surface area contributed by atoms with Crippen molar-refractivity contribution in [3.05, 3.63) is 84.1 Å². The molecule has 4 nitrogen and oxygen atoms in total. The minimum atomic E-state index is -4.52. The fourth-order valence-electron chi connectivity index (χ4n) is 3.26. The normalized spacial score (nSPS) is 14.3. The Kier molecular flexibility index (Phi) is 5.44. The zero-order chi connectivity index (χ0) is 21.1. The first-order valence-electron chi connectivity index (χ1n) is 9.51. The monoisotopic (exact) mass is 412 g/mol. The molecule has 2 aromatic carbocycles. The van der Waals surface area contributed by atoms with Gasteiger partial charge >= 0.3 is 6.18 Å². The van der Waals surface area contributed by atoms with E-state index in [-0.39, 0.29) is 24.3 Å². The standard InChI is InChI=1S/C23H19F3N2O2/c24-23(25,26)20-7-4-8-21(27-20)30-19-14-28(15-19)22(29)13-16-9-11-18(12-10-16)17-5-2-1-3-6-17/h1-12,19H,13-15H2. The van der Waals surface area contributed by atoms with Gasteiger partial charge in [0.15, 0.2) is 0 Å². The van der Waals surface area contributed by atoms with Crippen LogP contribution >= 0.6 is 0 Å². The van der Waals surface area contributed by atoms with Gasteiger partial charge in [-0.05, 0) is 22.8 Å². The molecule has 0 N–H and O–H groups in total. The van der Waals surface area contributed by atoms with Crippen LogP contribution < -0.4 is 4.74 Å². The van der Waals surface area contributed by atoms with E-state index in [4.69, 9.17) is 4.74 Å². The average molecular weight is 412 g/mol. The largest absolute Gasteiger partial charge is 0.471 e. The van der Waals surface area contributed by atoms with E-state index in [1.165, 1.54) is 12.1 Å².